The van der Waals surface area contributed by atoms with Crippen molar-refractivity contribution >= 4 is 64.2 Å². The molecule has 0 aliphatic rings. The number of hydrogen-bond acceptors (Lipinski definition) is 2. The van der Waals surface area contributed by atoms with Gasteiger partial charge in [0.2, 0.25) is 0 Å². The van der Waals surface area contributed by atoms with Gasteiger partial charge in [0, 0.05) is 65.0 Å². The van der Waals surface area contributed by atoms with E-state index >= 15 is 0 Å². The summed E-state index contributed by atoms with van der Waals surface area (Å²) in [5, 5.41) is 6.33. The Balaban J connectivity index is 1.18. The summed E-state index contributed by atoms with van der Waals surface area (Å²) in [4.78, 5) is 5.28. The Bertz CT molecular complexity index is 3090. The van der Waals surface area contributed by atoms with E-state index in [2.05, 4.69) is 197 Å². The molecule has 0 aliphatic heterocycles. The van der Waals surface area contributed by atoms with Gasteiger partial charge < -0.3 is 9.13 Å². The topological polar surface area (TPSA) is 22.8 Å². The first-order chi connectivity index (χ1) is 26.2. The van der Waals surface area contributed by atoms with E-state index in [-0.39, 0.29) is 0 Å². The summed E-state index contributed by atoms with van der Waals surface area (Å²) in [6, 6.07) is 65.6. The second-order valence-corrected chi connectivity index (χ2v) is 14.7. The molecule has 0 radical (unpaired) electrons. The first-order valence-electron chi connectivity index (χ1n) is 17.9. The summed E-state index contributed by atoms with van der Waals surface area (Å²) in [6.45, 7) is 0. The van der Waals surface area contributed by atoms with Crippen LogP contribution < -0.4 is 0 Å². The molecule has 11 rings (SSSR count). The molecule has 0 fully saturated rings. The second kappa shape index (κ2) is 11.9. The van der Waals surface area contributed by atoms with Crippen molar-refractivity contribution in [1.82, 2.24) is 14.1 Å². The number of aromatic nitrogens is 3. The van der Waals surface area contributed by atoms with Crippen LogP contribution in [-0.4, -0.2) is 14.1 Å². The fourth-order valence-electron chi connectivity index (χ4n) is 7.99. The molecule has 0 N–H and O–H groups in total. The number of pyridine rings is 1. The van der Waals surface area contributed by atoms with Gasteiger partial charge in [0.25, 0.3) is 0 Å². The Morgan fingerprint density at radius 1 is 0.377 bits per heavy atom. The van der Waals surface area contributed by atoms with E-state index < -0.39 is 0 Å². The lowest BCUT2D eigenvalue weighted by Gasteiger charge is -2.13. The van der Waals surface area contributed by atoms with Crippen LogP contribution in [0, 0.1) is 0 Å². The molecule has 0 saturated heterocycles. The van der Waals surface area contributed by atoms with Crippen molar-refractivity contribution in [2.45, 2.75) is 0 Å². The van der Waals surface area contributed by atoms with E-state index in [1.807, 2.05) is 11.3 Å². The van der Waals surface area contributed by atoms with Crippen molar-refractivity contribution in [1.29, 1.82) is 0 Å². The number of hydrogen-bond donors (Lipinski definition) is 0. The van der Waals surface area contributed by atoms with Gasteiger partial charge in [-0.25, -0.2) is 4.98 Å². The molecule has 4 aromatic heterocycles. The van der Waals surface area contributed by atoms with Gasteiger partial charge in [-0.3, -0.25) is 0 Å². The molecular formula is C49H31N3S. The Morgan fingerprint density at radius 2 is 1.02 bits per heavy atom. The minimum atomic E-state index is 0.944. The average molecular weight is 694 g/mol. The van der Waals surface area contributed by atoms with Crippen molar-refractivity contribution < 1.29 is 0 Å². The van der Waals surface area contributed by atoms with Gasteiger partial charge >= 0.3 is 0 Å². The average Bonchev–Trinajstić information content (AvgIpc) is 3.91. The highest BCUT2D eigenvalue weighted by atomic mass is 32.1. The molecule has 0 bridgehead atoms. The van der Waals surface area contributed by atoms with Crippen LogP contribution in [0.4, 0.5) is 0 Å². The van der Waals surface area contributed by atoms with Gasteiger partial charge in [0.1, 0.15) is 0 Å². The molecular weight excluding hydrogens is 663 g/mol. The van der Waals surface area contributed by atoms with E-state index in [1.54, 1.807) is 0 Å². The molecule has 0 unspecified atom stereocenters. The van der Waals surface area contributed by atoms with Gasteiger partial charge in [-0.05, 0) is 83.9 Å². The van der Waals surface area contributed by atoms with Crippen molar-refractivity contribution in [2.75, 3.05) is 0 Å². The zero-order chi connectivity index (χ0) is 34.9. The number of nitrogens with zero attached hydrogens (tertiary/aromatic N) is 3. The van der Waals surface area contributed by atoms with Gasteiger partial charge in [0.05, 0.1) is 27.9 Å². The minimum Gasteiger partial charge on any atom is -0.316 e. The lowest BCUT2D eigenvalue weighted by Crippen LogP contribution is -1.96. The van der Waals surface area contributed by atoms with E-state index in [0.717, 1.165) is 39.5 Å². The van der Waals surface area contributed by atoms with Gasteiger partial charge in [-0.1, -0.05) is 109 Å². The molecule has 11 aromatic rings. The lowest BCUT2D eigenvalue weighted by molar-refractivity contribution is 1.12. The highest BCUT2D eigenvalue weighted by Gasteiger charge is 2.19. The third-order valence-electron chi connectivity index (χ3n) is 10.5. The molecule has 3 nitrogen and oxygen atoms in total. The fraction of sp³-hybridized carbons (Fsp3) is 0. The molecule has 0 spiro atoms. The zero-order valence-electron chi connectivity index (χ0n) is 28.6. The molecule has 0 atom stereocenters. The second-order valence-electron chi connectivity index (χ2n) is 13.7. The van der Waals surface area contributed by atoms with Crippen LogP contribution in [0.3, 0.4) is 0 Å². The largest absolute Gasteiger partial charge is 0.316 e. The van der Waals surface area contributed by atoms with Crippen molar-refractivity contribution in [2.24, 2.45) is 0 Å². The summed E-state index contributed by atoms with van der Waals surface area (Å²) in [5.41, 5.74) is 12.2. The molecule has 4 heterocycles. The van der Waals surface area contributed by atoms with Crippen LogP contribution in [0.25, 0.3) is 97.9 Å². The molecule has 0 saturated carbocycles. The zero-order valence-corrected chi connectivity index (χ0v) is 29.5. The summed E-state index contributed by atoms with van der Waals surface area (Å²) in [5.74, 6) is 0. The molecule has 7 aromatic carbocycles. The van der Waals surface area contributed by atoms with Crippen molar-refractivity contribution in [3.05, 3.63) is 188 Å². The van der Waals surface area contributed by atoms with Gasteiger partial charge in [-0.15, -0.1) is 11.3 Å². The number of thiophene rings is 1. The minimum absolute atomic E-state index is 0.944. The Kier molecular flexibility index (Phi) is 6.73. The molecule has 248 valence electrons. The first kappa shape index (κ1) is 29.9. The van der Waals surface area contributed by atoms with Gasteiger partial charge in [-0.2, -0.15) is 0 Å². The molecule has 53 heavy (non-hydrogen) atoms. The van der Waals surface area contributed by atoms with E-state index in [1.165, 1.54) is 58.4 Å². The molecule has 0 amide bonds. The number of fused-ring (bicyclic) bond motifs is 7. The summed E-state index contributed by atoms with van der Waals surface area (Å²) >= 11 is 1.87. The van der Waals surface area contributed by atoms with Crippen LogP contribution in [0.5, 0.6) is 0 Å². The number of para-hydroxylation sites is 1. The molecule has 0 aliphatic carbocycles. The Morgan fingerprint density at radius 3 is 1.83 bits per heavy atom. The third kappa shape index (κ3) is 4.91. The first-order valence-corrected chi connectivity index (χ1v) is 18.8. The highest BCUT2D eigenvalue weighted by Crippen LogP contribution is 2.42. The number of benzene rings is 7. The standard InChI is InChI=1S/C49H31N3S/c1-4-13-32(14-5-1)36-27-43(33-15-6-2-7-16-33)50-44(28-36)34-17-12-20-38(25-34)52-46-29-42-39-21-10-11-22-48(39)53-49(42)30-41(46)40-26-35-23-24-51(45(35)31-47(40)52)37-18-8-3-9-19-37/h1-31H. The van der Waals surface area contributed by atoms with E-state index in [0.29, 0.717) is 0 Å². The van der Waals surface area contributed by atoms with Crippen LogP contribution in [-0.2, 0) is 0 Å². The maximum absolute atomic E-state index is 5.28. The Hall–Kier alpha value is -6.75. The van der Waals surface area contributed by atoms with Crippen molar-refractivity contribution in [3.63, 3.8) is 0 Å². The summed E-state index contributed by atoms with van der Waals surface area (Å²) in [7, 11) is 0. The smallest absolute Gasteiger partial charge is 0.0716 e. The van der Waals surface area contributed by atoms with Crippen LogP contribution in [0.1, 0.15) is 0 Å². The summed E-state index contributed by atoms with van der Waals surface area (Å²) < 4.78 is 7.38. The predicted molar refractivity (Wildman–Crippen MR) is 225 cm³/mol. The third-order valence-corrected chi connectivity index (χ3v) is 11.6. The van der Waals surface area contributed by atoms with Crippen LogP contribution in [0.2, 0.25) is 0 Å². The normalized spacial score (nSPS) is 11.8. The fourth-order valence-corrected chi connectivity index (χ4v) is 9.12. The summed E-state index contributed by atoms with van der Waals surface area (Å²) in [6.07, 6.45) is 2.19. The maximum atomic E-state index is 5.28. The Labute approximate surface area is 310 Å². The lowest BCUT2D eigenvalue weighted by atomic mass is 10.00. The van der Waals surface area contributed by atoms with E-state index in [9.17, 15) is 0 Å². The SMILES string of the molecule is c1ccc(-c2cc(-c3ccccc3)nc(-c3cccc(-n4c5cc6c(cc5c5cc7ccn(-c8ccccc8)c7cc54)sc4ccccc46)c3)c2)cc1. The quantitative estimate of drug-likeness (QED) is 0.176. The van der Waals surface area contributed by atoms with Crippen LogP contribution in [0.15, 0.2) is 188 Å². The molecule has 4 heteroatoms. The monoisotopic (exact) mass is 693 g/mol. The van der Waals surface area contributed by atoms with Crippen LogP contribution >= 0.6 is 11.3 Å². The maximum Gasteiger partial charge on any atom is 0.0716 e. The number of rotatable bonds is 5. The van der Waals surface area contributed by atoms with Crippen molar-refractivity contribution in [3.8, 4) is 45.0 Å². The van der Waals surface area contributed by atoms with Gasteiger partial charge in [0.15, 0.2) is 0 Å². The highest BCUT2D eigenvalue weighted by molar-refractivity contribution is 7.25. The van der Waals surface area contributed by atoms with E-state index in [4.69, 9.17) is 4.98 Å². The predicted octanol–water partition coefficient (Wildman–Crippen LogP) is 13.5.